The van der Waals surface area contributed by atoms with Crippen LogP contribution in [0.3, 0.4) is 0 Å². The lowest BCUT2D eigenvalue weighted by Gasteiger charge is -2.10. The largest absolute Gasteiger partial charge is 0.502 e. The highest BCUT2D eigenvalue weighted by Crippen LogP contribution is 2.37. The Labute approximate surface area is 88.2 Å². The Hall–Kier alpha value is -1.09. The molecule has 0 aliphatic heterocycles. The maximum atomic E-state index is 9.60. The van der Waals surface area contributed by atoms with Crippen LogP contribution in [0.15, 0.2) is 12.1 Å². The fourth-order valence-electron chi connectivity index (χ4n) is 1.20. The summed E-state index contributed by atoms with van der Waals surface area (Å²) in [4.78, 5) is 0. The summed E-state index contributed by atoms with van der Waals surface area (Å²) in [6.07, 6.45) is 0.717. The molecule has 0 atom stereocenters. The van der Waals surface area contributed by atoms with Crippen molar-refractivity contribution in [2.45, 2.75) is 6.42 Å². The molecule has 78 valence electrons. The predicted octanol–water partition coefficient (Wildman–Crippen LogP) is 2.19. The van der Waals surface area contributed by atoms with Gasteiger partial charge in [-0.3, -0.25) is 0 Å². The molecule has 0 heterocycles. The first-order valence-electron chi connectivity index (χ1n) is 4.22. The highest BCUT2D eigenvalue weighted by Gasteiger charge is 2.10. The lowest BCUT2D eigenvalue weighted by molar-refractivity contribution is 0.339. The summed E-state index contributed by atoms with van der Waals surface area (Å²) in [5.41, 5.74) is 0.978. The summed E-state index contributed by atoms with van der Waals surface area (Å²) in [5.74, 6) is 1.36. The molecule has 0 radical (unpaired) electrons. The monoisotopic (exact) mass is 216 g/mol. The zero-order valence-corrected chi connectivity index (χ0v) is 8.97. The van der Waals surface area contributed by atoms with Crippen molar-refractivity contribution in [1.82, 2.24) is 0 Å². The smallest absolute Gasteiger partial charge is 0.200 e. The van der Waals surface area contributed by atoms with Gasteiger partial charge in [-0.15, -0.1) is 11.6 Å². The Balaban J connectivity index is 3.11. The molecule has 0 spiro atoms. The minimum Gasteiger partial charge on any atom is -0.502 e. The third-order valence-electron chi connectivity index (χ3n) is 1.92. The van der Waals surface area contributed by atoms with Gasteiger partial charge in [-0.2, -0.15) is 0 Å². The predicted molar refractivity (Wildman–Crippen MR) is 55.6 cm³/mol. The van der Waals surface area contributed by atoms with Gasteiger partial charge in [-0.1, -0.05) is 0 Å². The first-order valence-corrected chi connectivity index (χ1v) is 4.76. The lowest BCUT2D eigenvalue weighted by Crippen LogP contribution is -1.93. The molecule has 0 aromatic heterocycles. The van der Waals surface area contributed by atoms with Crippen LogP contribution < -0.4 is 9.47 Å². The molecule has 14 heavy (non-hydrogen) atoms. The zero-order valence-electron chi connectivity index (χ0n) is 8.21. The van der Waals surface area contributed by atoms with E-state index >= 15 is 0 Å². The topological polar surface area (TPSA) is 38.7 Å². The number of alkyl halides is 1. The van der Waals surface area contributed by atoms with Crippen molar-refractivity contribution < 1.29 is 14.6 Å². The number of aryl methyl sites for hydroxylation is 1. The van der Waals surface area contributed by atoms with Gasteiger partial charge in [0.05, 0.1) is 14.2 Å². The number of aromatic hydroxyl groups is 1. The Bertz CT molecular complexity index is 287. The highest BCUT2D eigenvalue weighted by atomic mass is 35.5. The molecule has 1 aromatic carbocycles. The van der Waals surface area contributed by atoms with Crippen LogP contribution in [0.25, 0.3) is 0 Å². The molecule has 0 bridgehead atoms. The summed E-state index contributed by atoms with van der Waals surface area (Å²) in [7, 11) is 3.00. The number of rotatable bonds is 4. The van der Waals surface area contributed by atoms with Gasteiger partial charge in [-0.05, 0) is 24.1 Å². The Morgan fingerprint density at radius 1 is 1.21 bits per heavy atom. The quantitative estimate of drug-likeness (QED) is 0.785. The Morgan fingerprint density at radius 3 is 2.07 bits per heavy atom. The lowest BCUT2D eigenvalue weighted by atomic mass is 10.1. The molecule has 1 rings (SSSR count). The molecule has 0 saturated carbocycles. The van der Waals surface area contributed by atoms with E-state index in [2.05, 4.69) is 0 Å². The van der Waals surface area contributed by atoms with Crippen LogP contribution >= 0.6 is 11.6 Å². The first-order chi connectivity index (χ1) is 6.72. The second kappa shape index (κ2) is 4.96. The van der Waals surface area contributed by atoms with Gasteiger partial charge >= 0.3 is 0 Å². The molecule has 0 saturated heterocycles. The van der Waals surface area contributed by atoms with E-state index in [0.29, 0.717) is 23.8 Å². The standard InChI is InChI=1S/C10H13ClO3/c1-13-8-5-7(3-4-11)6-9(14-2)10(8)12/h5-6,12H,3-4H2,1-2H3. The van der Waals surface area contributed by atoms with Crippen LogP contribution in [0.1, 0.15) is 5.56 Å². The van der Waals surface area contributed by atoms with Crippen molar-refractivity contribution >= 4 is 11.6 Å². The van der Waals surface area contributed by atoms with E-state index in [1.165, 1.54) is 14.2 Å². The third-order valence-corrected chi connectivity index (χ3v) is 2.11. The number of hydrogen-bond donors (Lipinski definition) is 1. The molecule has 3 nitrogen and oxygen atoms in total. The van der Waals surface area contributed by atoms with Crippen molar-refractivity contribution in [3.8, 4) is 17.2 Å². The van der Waals surface area contributed by atoms with Gasteiger partial charge in [0.1, 0.15) is 0 Å². The van der Waals surface area contributed by atoms with Gasteiger partial charge in [0, 0.05) is 5.88 Å². The summed E-state index contributed by atoms with van der Waals surface area (Å²) in [5, 5.41) is 9.60. The average molecular weight is 217 g/mol. The molecule has 0 aliphatic carbocycles. The summed E-state index contributed by atoms with van der Waals surface area (Å²) < 4.78 is 10.0. The van der Waals surface area contributed by atoms with Crippen molar-refractivity contribution in [2.75, 3.05) is 20.1 Å². The van der Waals surface area contributed by atoms with E-state index in [4.69, 9.17) is 21.1 Å². The van der Waals surface area contributed by atoms with Crippen LogP contribution in [0.4, 0.5) is 0 Å². The minimum absolute atomic E-state index is 0.0216. The van der Waals surface area contributed by atoms with Crippen LogP contribution in [0.2, 0.25) is 0 Å². The number of benzene rings is 1. The van der Waals surface area contributed by atoms with E-state index in [1.54, 1.807) is 12.1 Å². The molecule has 0 unspecified atom stereocenters. The van der Waals surface area contributed by atoms with E-state index in [1.807, 2.05) is 0 Å². The molecule has 1 aromatic rings. The third kappa shape index (κ3) is 2.23. The molecule has 4 heteroatoms. The van der Waals surface area contributed by atoms with Gasteiger partial charge in [-0.25, -0.2) is 0 Å². The summed E-state index contributed by atoms with van der Waals surface area (Å²) in [6.45, 7) is 0. The number of phenolic OH excluding ortho intramolecular Hbond substituents is 1. The van der Waals surface area contributed by atoms with E-state index in [0.717, 1.165) is 5.56 Å². The number of ether oxygens (including phenoxy) is 2. The summed E-state index contributed by atoms with van der Waals surface area (Å²) in [6, 6.07) is 3.50. The van der Waals surface area contributed by atoms with Crippen molar-refractivity contribution in [1.29, 1.82) is 0 Å². The van der Waals surface area contributed by atoms with Crippen molar-refractivity contribution in [3.05, 3.63) is 17.7 Å². The minimum atomic E-state index is 0.0216. The highest BCUT2D eigenvalue weighted by molar-refractivity contribution is 6.18. The molecule has 1 N–H and O–H groups in total. The fourth-order valence-corrected chi connectivity index (χ4v) is 1.42. The number of methoxy groups -OCH3 is 2. The number of halogens is 1. The maximum absolute atomic E-state index is 9.60. The van der Waals surface area contributed by atoms with Crippen molar-refractivity contribution in [2.24, 2.45) is 0 Å². The van der Waals surface area contributed by atoms with Gasteiger partial charge in [0.25, 0.3) is 0 Å². The molecular weight excluding hydrogens is 204 g/mol. The van der Waals surface area contributed by atoms with Crippen LogP contribution in [-0.4, -0.2) is 25.2 Å². The normalized spacial score (nSPS) is 9.93. The van der Waals surface area contributed by atoms with Gasteiger partial charge in [0.15, 0.2) is 11.5 Å². The summed E-state index contributed by atoms with van der Waals surface area (Å²) >= 11 is 5.62. The Morgan fingerprint density at radius 2 is 1.71 bits per heavy atom. The maximum Gasteiger partial charge on any atom is 0.200 e. The number of phenols is 1. The second-order valence-corrected chi connectivity index (χ2v) is 3.17. The van der Waals surface area contributed by atoms with Crippen LogP contribution in [0, 0.1) is 0 Å². The number of hydrogen-bond acceptors (Lipinski definition) is 3. The van der Waals surface area contributed by atoms with E-state index in [9.17, 15) is 5.11 Å². The molecule has 0 aliphatic rings. The molecular formula is C10H13ClO3. The SMILES string of the molecule is COc1cc(CCCl)cc(OC)c1O. The van der Waals surface area contributed by atoms with Gasteiger partial charge in [0.2, 0.25) is 5.75 Å². The van der Waals surface area contributed by atoms with Gasteiger partial charge < -0.3 is 14.6 Å². The first kappa shape index (κ1) is 11.0. The second-order valence-electron chi connectivity index (χ2n) is 2.79. The van der Waals surface area contributed by atoms with Crippen LogP contribution in [-0.2, 0) is 6.42 Å². The zero-order chi connectivity index (χ0) is 10.6. The average Bonchev–Trinajstić information content (AvgIpc) is 2.20. The van der Waals surface area contributed by atoms with E-state index in [-0.39, 0.29) is 5.75 Å². The van der Waals surface area contributed by atoms with Crippen molar-refractivity contribution in [3.63, 3.8) is 0 Å². The molecule has 0 fully saturated rings. The molecule has 0 amide bonds. The fraction of sp³-hybridized carbons (Fsp3) is 0.400. The Kier molecular flexibility index (Phi) is 3.89. The van der Waals surface area contributed by atoms with E-state index < -0.39 is 0 Å². The van der Waals surface area contributed by atoms with Crippen LogP contribution in [0.5, 0.6) is 17.2 Å².